The van der Waals surface area contributed by atoms with Crippen LogP contribution in [-0.4, -0.2) is 61.0 Å². The molecule has 1 saturated heterocycles. The lowest BCUT2D eigenvalue weighted by atomic mass is 9.78. The lowest BCUT2D eigenvalue weighted by Gasteiger charge is -2.50. The number of aromatic amines is 1. The highest BCUT2D eigenvalue weighted by molar-refractivity contribution is 5.80. The molecule has 1 fully saturated rings. The molecule has 2 aliphatic heterocycles. The van der Waals surface area contributed by atoms with Gasteiger partial charge in [-0.2, -0.15) is 5.10 Å². The molecule has 0 bridgehead atoms. The van der Waals surface area contributed by atoms with Gasteiger partial charge in [0.1, 0.15) is 6.04 Å². The van der Waals surface area contributed by atoms with Gasteiger partial charge in [-0.1, -0.05) is 6.92 Å². The van der Waals surface area contributed by atoms with Crippen LogP contribution in [0.3, 0.4) is 0 Å². The van der Waals surface area contributed by atoms with E-state index in [0.29, 0.717) is 38.9 Å². The van der Waals surface area contributed by atoms with Crippen LogP contribution in [0.2, 0.25) is 0 Å². The maximum Gasteiger partial charge on any atom is 0.247 e. The monoisotopic (exact) mass is 370 g/mol. The van der Waals surface area contributed by atoms with Crippen LogP contribution < -0.4 is 0 Å². The van der Waals surface area contributed by atoms with Gasteiger partial charge in [-0.05, 0) is 25.8 Å². The van der Waals surface area contributed by atoms with Gasteiger partial charge in [0.25, 0.3) is 0 Å². The second kappa shape index (κ2) is 6.83. The molecule has 144 valence electrons. The third kappa shape index (κ3) is 2.83. The summed E-state index contributed by atoms with van der Waals surface area (Å²) in [6, 6.07) is 1.50. The molecule has 0 aromatic carbocycles. The van der Waals surface area contributed by atoms with Gasteiger partial charge in [-0.25, -0.2) is 4.98 Å². The van der Waals surface area contributed by atoms with Crippen LogP contribution in [0.4, 0.5) is 0 Å². The number of nitrogens with one attached hydrogen (secondary N) is 1. The normalized spacial score (nSPS) is 19.8. The Morgan fingerprint density at radius 1 is 1.30 bits per heavy atom. The lowest BCUT2D eigenvalue weighted by molar-refractivity contribution is -0.145. The Morgan fingerprint density at radius 2 is 2.07 bits per heavy atom. The van der Waals surface area contributed by atoms with Crippen LogP contribution in [0.25, 0.3) is 0 Å². The van der Waals surface area contributed by atoms with Crippen LogP contribution in [0.5, 0.6) is 0 Å². The average molecular weight is 370 g/mol. The number of hydrogen-bond donors (Lipinski definition) is 1. The summed E-state index contributed by atoms with van der Waals surface area (Å²) in [6.07, 6.45) is 7.95. The molecule has 1 spiro atoms. The Kier molecular flexibility index (Phi) is 4.49. The zero-order valence-electron chi connectivity index (χ0n) is 15.9. The van der Waals surface area contributed by atoms with Crippen molar-refractivity contribution < 1.29 is 9.59 Å². The van der Waals surface area contributed by atoms with E-state index in [-0.39, 0.29) is 17.9 Å². The summed E-state index contributed by atoms with van der Waals surface area (Å²) in [5.74, 6) is 0.230. The van der Waals surface area contributed by atoms with E-state index in [0.717, 1.165) is 17.8 Å². The first-order valence-electron chi connectivity index (χ1n) is 9.68. The fourth-order valence-electron chi connectivity index (χ4n) is 4.52. The molecule has 4 heterocycles. The topological polar surface area (TPSA) is 87.1 Å². The van der Waals surface area contributed by atoms with E-state index in [1.807, 2.05) is 35.9 Å². The Labute approximate surface area is 158 Å². The lowest BCUT2D eigenvalue weighted by Crippen LogP contribution is -2.59. The van der Waals surface area contributed by atoms with Crippen molar-refractivity contribution in [2.75, 3.05) is 19.6 Å². The number of rotatable bonds is 3. The van der Waals surface area contributed by atoms with E-state index in [1.54, 1.807) is 17.2 Å². The fraction of sp³-hybridized carbons (Fsp3) is 0.579. The van der Waals surface area contributed by atoms with E-state index in [4.69, 9.17) is 0 Å². The molecule has 8 heteroatoms. The highest BCUT2D eigenvalue weighted by Gasteiger charge is 2.49. The molecule has 2 aliphatic rings. The van der Waals surface area contributed by atoms with Crippen LogP contribution in [0.1, 0.15) is 50.5 Å². The third-order valence-corrected chi connectivity index (χ3v) is 6.05. The van der Waals surface area contributed by atoms with Gasteiger partial charge in [0.2, 0.25) is 11.8 Å². The molecule has 0 unspecified atom stereocenters. The third-order valence-electron chi connectivity index (χ3n) is 6.05. The highest BCUT2D eigenvalue weighted by Crippen LogP contribution is 2.42. The van der Waals surface area contributed by atoms with Gasteiger partial charge in [0.05, 0.1) is 17.6 Å². The number of carbonyl (C=O) groups excluding carboxylic acids is 2. The summed E-state index contributed by atoms with van der Waals surface area (Å²) >= 11 is 0. The molecule has 2 amide bonds. The van der Waals surface area contributed by atoms with Crippen LogP contribution >= 0.6 is 0 Å². The standard InChI is InChI=1S/C19H26N6O2/c1-3-16(26)24-10-5-15-17(21-13-20-15)19(24)6-11-23(12-7-19)18(27)14(2)25-9-4-8-22-25/h4,8-9,13-14H,3,5-7,10-12H2,1-2H3,(H,20,21)/t14-/m1/s1. The summed E-state index contributed by atoms with van der Waals surface area (Å²) in [5, 5.41) is 4.19. The van der Waals surface area contributed by atoms with Crippen molar-refractivity contribution in [2.24, 2.45) is 0 Å². The number of aromatic nitrogens is 4. The molecule has 1 N–H and O–H groups in total. The van der Waals surface area contributed by atoms with Crippen molar-refractivity contribution >= 4 is 11.8 Å². The fourth-order valence-corrected chi connectivity index (χ4v) is 4.52. The van der Waals surface area contributed by atoms with Gasteiger partial charge in [-0.15, -0.1) is 0 Å². The summed E-state index contributed by atoms with van der Waals surface area (Å²) in [5.41, 5.74) is 1.72. The Balaban J connectivity index is 1.55. The number of fused-ring (bicyclic) bond motifs is 2. The van der Waals surface area contributed by atoms with Gasteiger partial charge >= 0.3 is 0 Å². The summed E-state index contributed by atoms with van der Waals surface area (Å²) in [7, 11) is 0. The van der Waals surface area contributed by atoms with Crippen molar-refractivity contribution in [1.29, 1.82) is 0 Å². The second-order valence-electron chi connectivity index (χ2n) is 7.40. The quantitative estimate of drug-likeness (QED) is 0.887. The second-order valence-corrected chi connectivity index (χ2v) is 7.40. The molecule has 0 radical (unpaired) electrons. The maximum absolute atomic E-state index is 12.9. The van der Waals surface area contributed by atoms with Crippen molar-refractivity contribution in [1.82, 2.24) is 29.5 Å². The number of hydrogen-bond acceptors (Lipinski definition) is 4. The minimum atomic E-state index is -0.396. The first kappa shape index (κ1) is 17.8. The van der Waals surface area contributed by atoms with Crippen molar-refractivity contribution in [2.45, 2.75) is 51.1 Å². The zero-order chi connectivity index (χ0) is 19.0. The number of likely N-dealkylation sites (tertiary alicyclic amines) is 1. The molecular weight excluding hydrogens is 344 g/mol. The predicted octanol–water partition coefficient (Wildman–Crippen LogP) is 1.48. The smallest absolute Gasteiger partial charge is 0.247 e. The van der Waals surface area contributed by atoms with Gasteiger partial charge in [-0.3, -0.25) is 14.3 Å². The minimum absolute atomic E-state index is 0.0694. The molecular formula is C19H26N6O2. The highest BCUT2D eigenvalue weighted by atomic mass is 16.2. The van der Waals surface area contributed by atoms with Crippen LogP contribution in [0.15, 0.2) is 24.8 Å². The van der Waals surface area contributed by atoms with Crippen LogP contribution in [0, 0.1) is 0 Å². The SMILES string of the molecule is CCC(=O)N1CCc2[nH]cnc2C12CCN(C(=O)[C@@H](C)n1cccn1)CC2. The molecule has 27 heavy (non-hydrogen) atoms. The van der Waals surface area contributed by atoms with E-state index in [1.165, 1.54) is 0 Å². The number of amides is 2. The maximum atomic E-state index is 12.9. The van der Waals surface area contributed by atoms with E-state index in [9.17, 15) is 9.59 Å². The van der Waals surface area contributed by atoms with E-state index >= 15 is 0 Å². The predicted molar refractivity (Wildman–Crippen MR) is 98.7 cm³/mol. The summed E-state index contributed by atoms with van der Waals surface area (Å²) in [4.78, 5) is 37.3. The number of piperidine rings is 1. The minimum Gasteiger partial charge on any atom is -0.348 e. The summed E-state index contributed by atoms with van der Waals surface area (Å²) in [6.45, 7) is 5.72. The zero-order valence-corrected chi connectivity index (χ0v) is 15.9. The first-order valence-corrected chi connectivity index (χ1v) is 9.68. The first-order chi connectivity index (χ1) is 13.1. The molecule has 1 atom stereocenters. The molecule has 0 saturated carbocycles. The number of nitrogens with zero attached hydrogens (tertiary/aromatic N) is 5. The number of imidazole rings is 1. The largest absolute Gasteiger partial charge is 0.348 e. The average Bonchev–Trinajstić information content (AvgIpc) is 3.39. The van der Waals surface area contributed by atoms with Gasteiger partial charge in [0, 0.05) is 50.6 Å². The Morgan fingerprint density at radius 3 is 2.74 bits per heavy atom. The number of carbonyl (C=O) groups is 2. The molecule has 2 aromatic heterocycles. The summed E-state index contributed by atoms with van der Waals surface area (Å²) < 4.78 is 1.69. The van der Waals surface area contributed by atoms with Gasteiger partial charge < -0.3 is 14.8 Å². The molecule has 8 nitrogen and oxygen atoms in total. The van der Waals surface area contributed by atoms with Crippen molar-refractivity contribution in [3.63, 3.8) is 0 Å². The van der Waals surface area contributed by atoms with E-state index in [2.05, 4.69) is 15.1 Å². The Bertz CT molecular complexity index is 819. The van der Waals surface area contributed by atoms with Crippen molar-refractivity contribution in [3.8, 4) is 0 Å². The number of H-pyrrole nitrogens is 1. The van der Waals surface area contributed by atoms with Crippen LogP contribution in [-0.2, 0) is 21.5 Å². The van der Waals surface area contributed by atoms with Crippen molar-refractivity contribution in [3.05, 3.63) is 36.2 Å². The van der Waals surface area contributed by atoms with Gasteiger partial charge in [0.15, 0.2) is 0 Å². The Hall–Kier alpha value is -2.64. The molecule has 0 aliphatic carbocycles. The van der Waals surface area contributed by atoms with E-state index < -0.39 is 5.54 Å². The molecule has 2 aromatic rings. The molecule has 4 rings (SSSR count).